The highest BCUT2D eigenvalue weighted by atomic mass is 16.3. The number of phenolic OH excluding ortho intramolecular Hbond substituents is 1. The monoisotopic (exact) mass is 271 g/mol. The van der Waals surface area contributed by atoms with Crippen molar-refractivity contribution in [1.29, 1.82) is 0 Å². The van der Waals surface area contributed by atoms with Crippen LogP contribution in [0.25, 0.3) is 0 Å². The molecule has 0 bridgehead atoms. The summed E-state index contributed by atoms with van der Waals surface area (Å²) < 4.78 is 0. The number of aromatic hydroxyl groups is 1. The van der Waals surface area contributed by atoms with E-state index in [1.165, 1.54) is 4.90 Å². The SMILES string of the molecule is C=C1C(=O)C(C)=C1Cc1cccc(C(=O)N(C)C)c1O. The fourth-order valence-electron chi connectivity index (χ4n) is 2.24. The maximum atomic E-state index is 11.9. The van der Waals surface area contributed by atoms with Crippen molar-refractivity contribution in [2.75, 3.05) is 14.1 Å². The van der Waals surface area contributed by atoms with E-state index >= 15 is 0 Å². The van der Waals surface area contributed by atoms with Crippen molar-refractivity contribution in [3.63, 3.8) is 0 Å². The Labute approximate surface area is 118 Å². The Bertz CT molecular complexity index is 654. The second kappa shape index (κ2) is 4.96. The van der Waals surface area contributed by atoms with Crippen molar-refractivity contribution in [3.05, 3.63) is 52.6 Å². The van der Waals surface area contributed by atoms with Gasteiger partial charge in [-0.2, -0.15) is 0 Å². The van der Waals surface area contributed by atoms with E-state index < -0.39 is 0 Å². The number of nitrogens with zero attached hydrogens (tertiary/aromatic N) is 1. The van der Waals surface area contributed by atoms with Crippen molar-refractivity contribution in [2.45, 2.75) is 13.3 Å². The number of rotatable bonds is 3. The average molecular weight is 271 g/mol. The molecule has 4 nitrogen and oxygen atoms in total. The van der Waals surface area contributed by atoms with Gasteiger partial charge in [-0.3, -0.25) is 9.59 Å². The Hall–Kier alpha value is -2.36. The molecule has 0 unspecified atom stereocenters. The molecule has 0 radical (unpaired) electrons. The summed E-state index contributed by atoms with van der Waals surface area (Å²) >= 11 is 0. The third-order valence-corrected chi connectivity index (χ3v) is 3.56. The van der Waals surface area contributed by atoms with E-state index in [0.29, 0.717) is 23.1 Å². The predicted molar refractivity (Wildman–Crippen MR) is 76.7 cm³/mol. The minimum absolute atomic E-state index is 0.0278. The highest BCUT2D eigenvalue weighted by molar-refractivity contribution is 6.19. The number of Topliss-reactive ketones (excluding diaryl/α,β-unsaturated/α-hetero) is 1. The van der Waals surface area contributed by atoms with Crippen molar-refractivity contribution in [1.82, 2.24) is 4.90 Å². The highest BCUT2D eigenvalue weighted by Gasteiger charge is 2.29. The summed E-state index contributed by atoms with van der Waals surface area (Å²) in [5, 5.41) is 10.2. The van der Waals surface area contributed by atoms with Crippen LogP contribution in [0.4, 0.5) is 0 Å². The van der Waals surface area contributed by atoms with Crippen LogP contribution < -0.4 is 0 Å². The second-order valence-corrected chi connectivity index (χ2v) is 5.10. The van der Waals surface area contributed by atoms with E-state index in [1.807, 2.05) is 0 Å². The molecule has 2 rings (SSSR count). The molecule has 1 N–H and O–H groups in total. The molecule has 1 amide bonds. The fourth-order valence-corrected chi connectivity index (χ4v) is 2.24. The van der Waals surface area contributed by atoms with E-state index in [4.69, 9.17) is 0 Å². The van der Waals surface area contributed by atoms with Crippen LogP contribution in [-0.2, 0) is 11.2 Å². The number of carbonyl (C=O) groups is 2. The van der Waals surface area contributed by atoms with Gasteiger partial charge in [0.1, 0.15) is 5.75 Å². The topological polar surface area (TPSA) is 57.6 Å². The molecule has 0 heterocycles. The number of ketones is 1. The number of para-hydroxylation sites is 1. The standard InChI is InChI=1S/C16H17NO3/c1-9-13(10(2)14(9)18)8-11-6-5-7-12(15(11)19)16(20)17(3)4/h5-7,19H,1,8H2,2-4H3. The van der Waals surface area contributed by atoms with Crippen LogP contribution in [0.1, 0.15) is 22.8 Å². The maximum Gasteiger partial charge on any atom is 0.257 e. The molecule has 1 aromatic carbocycles. The Morgan fingerprint density at radius 3 is 2.55 bits per heavy atom. The minimum Gasteiger partial charge on any atom is -0.507 e. The van der Waals surface area contributed by atoms with Gasteiger partial charge in [-0.25, -0.2) is 0 Å². The molecule has 20 heavy (non-hydrogen) atoms. The van der Waals surface area contributed by atoms with Gasteiger partial charge in [0.05, 0.1) is 5.56 Å². The van der Waals surface area contributed by atoms with Crippen LogP contribution in [0.3, 0.4) is 0 Å². The first-order valence-corrected chi connectivity index (χ1v) is 6.30. The van der Waals surface area contributed by atoms with Crippen LogP contribution in [0.2, 0.25) is 0 Å². The Kier molecular flexibility index (Phi) is 3.49. The van der Waals surface area contributed by atoms with Crippen molar-refractivity contribution in [2.24, 2.45) is 0 Å². The zero-order valence-electron chi connectivity index (χ0n) is 11.9. The van der Waals surface area contributed by atoms with Crippen LogP contribution in [0.15, 0.2) is 41.5 Å². The fraction of sp³-hybridized carbons (Fsp3) is 0.250. The summed E-state index contributed by atoms with van der Waals surface area (Å²) in [6, 6.07) is 5.06. The quantitative estimate of drug-likeness (QED) is 0.856. The second-order valence-electron chi connectivity index (χ2n) is 5.10. The van der Waals surface area contributed by atoms with Crippen molar-refractivity contribution >= 4 is 11.7 Å². The molecule has 104 valence electrons. The lowest BCUT2D eigenvalue weighted by Crippen LogP contribution is -2.23. The zero-order chi connectivity index (χ0) is 15.0. The van der Waals surface area contributed by atoms with Gasteiger partial charge in [-0.15, -0.1) is 0 Å². The maximum absolute atomic E-state index is 11.9. The summed E-state index contributed by atoms with van der Waals surface area (Å²) in [5.41, 5.74) is 2.91. The molecule has 0 saturated carbocycles. The van der Waals surface area contributed by atoms with Gasteiger partial charge in [0.2, 0.25) is 0 Å². The van der Waals surface area contributed by atoms with Crippen LogP contribution >= 0.6 is 0 Å². The smallest absolute Gasteiger partial charge is 0.257 e. The lowest BCUT2D eigenvalue weighted by Gasteiger charge is -2.23. The number of hydrogen-bond donors (Lipinski definition) is 1. The summed E-state index contributed by atoms with van der Waals surface area (Å²) in [5.74, 6) is -0.308. The average Bonchev–Trinajstić information content (AvgIpc) is 2.44. The van der Waals surface area contributed by atoms with Gasteiger partial charge in [0, 0.05) is 31.7 Å². The van der Waals surface area contributed by atoms with E-state index in [1.54, 1.807) is 39.2 Å². The largest absolute Gasteiger partial charge is 0.507 e. The van der Waals surface area contributed by atoms with Crippen molar-refractivity contribution in [3.8, 4) is 5.75 Å². The molecule has 1 aromatic rings. The number of amides is 1. The van der Waals surface area contributed by atoms with E-state index in [-0.39, 0.29) is 23.0 Å². The Balaban J connectivity index is 2.36. The van der Waals surface area contributed by atoms with Gasteiger partial charge >= 0.3 is 0 Å². The van der Waals surface area contributed by atoms with E-state index in [0.717, 1.165) is 5.57 Å². The molecule has 1 aliphatic carbocycles. The van der Waals surface area contributed by atoms with E-state index in [2.05, 4.69) is 6.58 Å². The molecule has 4 heteroatoms. The lowest BCUT2D eigenvalue weighted by atomic mass is 9.80. The molecule has 1 aliphatic rings. The normalized spacial score (nSPS) is 14.3. The number of phenols is 1. The molecule has 0 atom stereocenters. The molecular formula is C16H17NO3. The van der Waals surface area contributed by atoms with Crippen molar-refractivity contribution < 1.29 is 14.7 Å². The molecule has 0 spiro atoms. The van der Waals surface area contributed by atoms with Crippen LogP contribution in [-0.4, -0.2) is 35.8 Å². The predicted octanol–water partition coefficient (Wildman–Crippen LogP) is 2.09. The minimum atomic E-state index is -0.251. The van der Waals surface area contributed by atoms with E-state index in [9.17, 15) is 14.7 Å². The molecule has 0 aromatic heterocycles. The molecule has 0 aliphatic heterocycles. The summed E-state index contributed by atoms with van der Waals surface area (Å²) in [7, 11) is 3.27. The number of carbonyl (C=O) groups excluding carboxylic acids is 2. The van der Waals surface area contributed by atoms with Gasteiger partial charge in [0.15, 0.2) is 5.78 Å². The summed E-state index contributed by atoms with van der Waals surface area (Å²) in [4.78, 5) is 24.8. The Morgan fingerprint density at radius 2 is 2.00 bits per heavy atom. The first kappa shape index (κ1) is 14.1. The third-order valence-electron chi connectivity index (χ3n) is 3.56. The first-order chi connectivity index (χ1) is 9.34. The number of hydrogen-bond acceptors (Lipinski definition) is 3. The number of allylic oxidation sites excluding steroid dienone is 3. The van der Waals surface area contributed by atoms with Gasteiger partial charge in [-0.05, 0) is 24.1 Å². The Morgan fingerprint density at radius 1 is 1.35 bits per heavy atom. The number of benzene rings is 1. The highest BCUT2D eigenvalue weighted by Crippen LogP contribution is 2.34. The summed E-state index contributed by atoms with van der Waals surface area (Å²) in [6.45, 7) is 5.47. The van der Waals surface area contributed by atoms with Crippen LogP contribution in [0, 0.1) is 0 Å². The van der Waals surface area contributed by atoms with Gasteiger partial charge in [0.25, 0.3) is 5.91 Å². The third kappa shape index (κ3) is 2.13. The first-order valence-electron chi connectivity index (χ1n) is 6.30. The van der Waals surface area contributed by atoms with Gasteiger partial charge in [-0.1, -0.05) is 18.7 Å². The molecule has 0 saturated heterocycles. The van der Waals surface area contributed by atoms with Gasteiger partial charge < -0.3 is 10.0 Å². The molecular weight excluding hydrogens is 254 g/mol. The lowest BCUT2D eigenvalue weighted by molar-refractivity contribution is -0.113. The summed E-state index contributed by atoms with van der Waals surface area (Å²) in [6.07, 6.45) is 0.413. The van der Waals surface area contributed by atoms with Crippen LogP contribution in [0.5, 0.6) is 5.75 Å². The molecule has 0 fully saturated rings. The zero-order valence-corrected chi connectivity index (χ0v) is 11.9.